The minimum absolute atomic E-state index is 0.345. The molecule has 1 aromatic carbocycles. The third-order valence-electron chi connectivity index (χ3n) is 3.53. The first-order valence-corrected chi connectivity index (χ1v) is 6.51. The molecule has 0 saturated carbocycles. The molecule has 4 heteroatoms. The molecule has 3 nitrogen and oxygen atoms in total. The van der Waals surface area contributed by atoms with Gasteiger partial charge in [-0.05, 0) is 24.6 Å². The molecule has 2 aliphatic heterocycles. The van der Waals surface area contributed by atoms with Gasteiger partial charge in [0, 0.05) is 30.2 Å². The largest absolute Gasteiger partial charge is 0.370 e. The number of nitrogens with one attached hydrogen (secondary N) is 1. The number of halogens is 1. The number of nitrogens with zero attached hydrogens (tertiary/aromatic N) is 2. The van der Waals surface area contributed by atoms with Gasteiger partial charge in [-0.15, -0.1) is 0 Å². The third-order valence-corrected chi connectivity index (χ3v) is 3.89. The van der Waals surface area contributed by atoms with Crippen molar-refractivity contribution in [3.63, 3.8) is 0 Å². The molecule has 0 bridgehead atoms. The molecule has 2 aliphatic rings. The number of aliphatic imine (C=N–C) groups is 1. The summed E-state index contributed by atoms with van der Waals surface area (Å²) in [4.78, 5) is 6.94. The Balaban J connectivity index is 1.99. The van der Waals surface area contributed by atoms with Crippen LogP contribution in [-0.2, 0) is 6.42 Å². The number of anilines is 1. The summed E-state index contributed by atoms with van der Waals surface area (Å²) in [5.41, 5.74) is 2.53. The highest BCUT2D eigenvalue weighted by Gasteiger charge is 2.33. The van der Waals surface area contributed by atoms with Crippen molar-refractivity contribution in [1.29, 1.82) is 0 Å². The van der Waals surface area contributed by atoms with Gasteiger partial charge in [0.05, 0.1) is 12.6 Å². The van der Waals surface area contributed by atoms with Crippen molar-refractivity contribution in [3.8, 4) is 0 Å². The highest BCUT2D eigenvalue weighted by Crippen LogP contribution is 2.36. The molecular formula is C13H16ClN3. The zero-order valence-electron chi connectivity index (χ0n) is 9.91. The van der Waals surface area contributed by atoms with Crippen LogP contribution in [0.4, 0.5) is 5.69 Å². The van der Waals surface area contributed by atoms with Crippen LogP contribution in [0.25, 0.3) is 0 Å². The zero-order valence-corrected chi connectivity index (χ0v) is 10.7. The monoisotopic (exact) mass is 249 g/mol. The summed E-state index contributed by atoms with van der Waals surface area (Å²) in [6.45, 7) is 5.03. The molecule has 2 heterocycles. The molecule has 90 valence electrons. The van der Waals surface area contributed by atoms with E-state index in [0.717, 1.165) is 36.9 Å². The van der Waals surface area contributed by atoms with Crippen LogP contribution in [0.15, 0.2) is 23.2 Å². The van der Waals surface area contributed by atoms with E-state index in [-0.39, 0.29) is 0 Å². The molecule has 0 aliphatic carbocycles. The minimum atomic E-state index is 0.345. The van der Waals surface area contributed by atoms with E-state index in [1.165, 1.54) is 11.3 Å². The van der Waals surface area contributed by atoms with Crippen LogP contribution in [-0.4, -0.2) is 31.5 Å². The lowest BCUT2D eigenvalue weighted by atomic mass is 10.1. The van der Waals surface area contributed by atoms with E-state index in [1.54, 1.807) is 0 Å². The van der Waals surface area contributed by atoms with Crippen molar-refractivity contribution in [2.45, 2.75) is 19.4 Å². The van der Waals surface area contributed by atoms with Gasteiger partial charge in [0.15, 0.2) is 0 Å². The molecule has 3 rings (SSSR count). The van der Waals surface area contributed by atoms with E-state index in [1.807, 2.05) is 12.1 Å². The molecule has 0 spiro atoms. The molecule has 1 N–H and O–H groups in total. The lowest BCUT2D eigenvalue weighted by Gasteiger charge is -2.26. The van der Waals surface area contributed by atoms with Crippen molar-refractivity contribution < 1.29 is 0 Å². The van der Waals surface area contributed by atoms with E-state index in [0.29, 0.717) is 6.04 Å². The molecule has 17 heavy (non-hydrogen) atoms. The number of likely N-dealkylation sites (N-methyl/N-ethyl adjacent to an activating group) is 1. The van der Waals surface area contributed by atoms with Gasteiger partial charge in [-0.25, -0.2) is 0 Å². The van der Waals surface area contributed by atoms with Gasteiger partial charge in [0.2, 0.25) is 0 Å². The van der Waals surface area contributed by atoms with Crippen LogP contribution in [0.1, 0.15) is 12.5 Å². The number of hydrogen-bond acceptors (Lipinski definition) is 3. The fraction of sp³-hybridized carbons (Fsp3) is 0.462. The second-order valence-corrected chi connectivity index (χ2v) is 4.84. The van der Waals surface area contributed by atoms with E-state index in [4.69, 9.17) is 11.6 Å². The summed E-state index contributed by atoms with van der Waals surface area (Å²) < 4.78 is 0. The minimum Gasteiger partial charge on any atom is -0.370 e. The maximum absolute atomic E-state index is 6.28. The topological polar surface area (TPSA) is 27.6 Å². The van der Waals surface area contributed by atoms with Gasteiger partial charge in [0.1, 0.15) is 5.84 Å². The SMILES string of the molecule is CCN1c2cccc(Cl)c2CC1C1=NCCN1. The molecule has 1 unspecified atom stereocenters. The van der Waals surface area contributed by atoms with Crippen molar-refractivity contribution >= 4 is 23.1 Å². The molecule has 0 saturated heterocycles. The lowest BCUT2D eigenvalue weighted by molar-refractivity contribution is 0.761. The Kier molecular flexibility index (Phi) is 2.71. The molecule has 0 aromatic heterocycles. The Labute approximate surface area is 106 Å². The lowest BCUT2D eigenvalue weighted by Crippen LogP contribution is -2.43. The predicted octanol–water partition coefficient (Wildman–Crippen LogP) is 2.09. The molecule has 0 fully saturated rings. The Bertz CT molecular complexity index is 470. The zero-order chi connectivity index (χ0) is 11.8. The number of hydrogen-bond donors (Lipinski definition) is 1. The third kappa shape index (κ3) is 1.69. The maximum atomic E-state index is 6.28. The van der Waals surface area contributed by atoms with Crippen molar-refractivity contribution in [2.24, 2.45) is 4.99 Å². The second-order valence-electron chi connectivity index (χ2n) is 4.44. The normalized spacial score (nSPS) is 22.4. The molecular weight excluding hydrogens is 234 g/mol. The van der Waals surface area contributed by atoms with E-state index in [2.05, 4.69) is 28.2 Å². The quantitative estimate of drug-likeness (QED) is 0.869. The van der Waals surface area contributed by atoms with Crippen LogP contribution in [0, 0.1) is 0 Å². The summed E-state index contributed by atoms with van der Waals surface area (Å²) in [7, 11) is 0. The molecule has 1 aromatic rings. The second kappa shape index (κ2) is 4.22. The first-order valence-electron chi connectivity index (χ1n) is 6.13. The fourth-order valence-electron chi connectivity index (χ4n) is 2.76. The Hall–Kier alpha value is -1.22. The molecule has 0 radical (unpaired) electrons. The average molecular weight is 250 g/mol. The summed E-state index contributed by atoms with van der Waals surface area (Å²) in [6, 6.07) is 6.49. The van der Waals surface area contributed by atoms with Crippen molar-refractivity contribution in [3.05, 3.63) is 28.8 Å². The Morgan fingerprint density at radius 2 is 2.41 bits per heavy atom. The Morgan fingerprint density at radius 3 is 3.12 bits per heavy atom. The number of benzene rings is 1. The summed E-state index contributed by atoms with van der Waals surface area (Å²) in [5.74, 6) is 1.12. The van der Waals surface area contributed by atoms with E-state index >= 15 is 0 Å². The van der Waals surface area contributed by atoms with E-state index in [9.17, 15) is 0 Å². The van der Waals surface area contributed by atoms with Gasteiger partial charge in [-0.3, -0.25) is 4.99 Å². The van der Waals surface area contributed by atoms with Crippen LogP contribution >= 0.6 is 11.6 Å². The predicted molar refractivity (Wildman–Crippen MR) is 72.3 cm³/mol. The van der Waals surface area contributed by atoms with E-state index < -0.39 is 0 Å². The highest BCUT2D eigenvalue weighted by molar-refractivity contribution is 6.32. The van der Waals surface area contributed by atoms with Gasteiger partial charge in [-0.2, -0.15) is 0 Å². The van der Waals surface area contributed by atoms with Gasteiger partial charge >= 0.3 is 0 Å². The summed E-state index contributed by atoms with van der Waals surface area (Å²) in [5, 5.41) is 4.26. The summed E-state index contributed by atoms with van der Waals surface area (Å²) in [6.07, 6.45) is 0.967. The smallest absolute Gasteiger partial charge is 0.120 e. The van der Waals surface area contributed by atoms with Crippen LogP contribution in [0.3, 0.4) is 0 Å². The Morgan fingerprint density at radius 1 is 1.53 bits per heavy atom. The van der Waals surface area contributed by atoms with Gasteiger partial charge in [0.25, 0.3) is 0 Å². The van der Waals surface area contributed by atoms with Crippen molar-refractivity contribution in [1.82, 2.24) is 5.32 Å². The first-order chi connectivity index (χ1) is 8.31. The fourth-order valence-corrected chi connectivity index (χ4v) is 3.01. The number of fused-ring (bicyclic) bond motifs is 1. The van der Waals surface area contributed by atoms with Crippen LogP contribution in [0.2, 0.25) is 5.02 Å². The van der Waals surface area contributed by atoms with Gasteiger partial charge in [-0.1, -0.05) is 17.7 Å². The van der Waals surface area contributed by atoms with Crippen LogP contribution in [0.5, 0.6) is 0 Å². The highest BCUT2D eigenvalue weighted by atomic mass is 35.5. The summed E-state index contributed by atoms with van der Waals surface area (Å²) >= 11 is 6.28. The number of rotatable bonds is 2. The standard InChI is InChI=1S/C13H16ClN3/c1-2-17-11-5-3-4-10(14)9(11)8-12(17)13-15-6-7-16-13/h3-5,12H,2,6-8H2,1H3,(H,15,16). The molecule has 0 amide bonds. The van der Waals surface area contributed by atoms with Gasteiger partial charge < -0.3 is 10.2 Å². The maximum Gasteiger partial charge on any atom is 0.120 e. The van der Waals surface area contributed by atoms with Crippen LogP contribution < -0.4 is 10.2 Å². The first kappa shape index (κ1) is 10.9. The number of amidine groups is 1. The van der Waals surface area contributed by atoms with Crippen molar-refractivity contribution in [2.75, 3.05) is 24.5 Å². The molecule has 1 atom stereocenters. The average Bonchev–Trinajstić information content (AvgIpc) is 2.95.